The van der Waals surface area contributed by atoms with Gasteiger partial charge in [-0.15, -0.1) is 0 Å². The van der Waals surface area contributed by atoms with E-state index in [4.69, 9.17) is 0 Å². The van der Waals surface area contributed by atoms with Crippen molar-refractivity contribution in [2.45, 2.75) is 51.7 Å². The fourth-order valence-electron chi connectivity index (χ4n) is 1.90. The highest BCUT2D eigenvalue weighted by molar-refractivity contribution is 5.03. The standard InChI is InChI=1S/C11H19N3/c1-8(2)13-9(3)11-12-6-7-14(11)10-4-5-10/h6-10,13H,4-5H2,1-3H3/t9-/m1/s1. The van der Waals surface area contributed by atoms with Crippen LogP contribution < -0.4 is 5.32 Å². The zero-order valence-corrected chi connectivity index (χ0v) is 9.20. The summed E-state index contributed by atoms with van der Waals surface area (Å²) in [4.78, 5) is 4.43. The lowest BCUT2D eigenvalue weighted by Crippen LogP contribution is -2.28. The molecule has 3 heteroatoms. The third-order valence-electron chi connectivity index (χ3n) is 2.61. The van der Waals surface area contributed by atoms with Gasteiger partial charge in [0.15, 0.2) is 0 Å². The van der Waals surface area contributed by atoms with Gasteiger partial charge in [-0.2, -0.15) is 0 Å². The largest absolute Gasteiger partial charge is 0.331 e. The van der Waals surface area contributed by atoms with E-state index in [0.717, 1.165) is 6.04 Å². The second kappa shape index (κ2) is 3.73. The van der Waals surface area contributed by atoms with Crippen LogP contribution in [0, 0.1) is 0 Å². The highest BCUT2D eigenvalue weighted by Gasteiger charge is 2.26. The average Bonchev–Trinajstić information content (AvgIpc) is 2.82. The van der Waals surface area contributed by atoms with E-state index in [2.05, 4.69) is 41.8 Å². The first kappa shape index (κ1) is 9.71. The van der Waals surface area contributed by atoms with Crippen molar-refractivity contribution in [1.29, 1.82) is 0 Å². The Morgan fingerprint density at radius 2 is 2.14 bits per heavy atom. The lowest BCUT2D eigenvalue weighted by molar-refractivity contribution is 0.468. The molecular weight excluding hydrogens is 174 g/mol. The number of aromatic nitrogens is 2. The van der Waals surface area contributed by atoms with Gasteiger partial charge in [0, 0.05) is 24.5 Å². The van der Waals surface area contributed by atoms with E-state index < -0.39 is 0 Å². The highest BCUT2D eigenvalue weighted by atomic mass is 15.1. The molecule has 0 amide bonds. The van der Waals surface area contributed by atoms with Crippen LogP contribution in [-0.2, 0) is 0 Å². The van der Waals surface area contributed by atoms with Gasteiger partial charge in [0.1, 0.15) is 5.82 Å². The summed E-state index contributed by atoms with van der Waals surface area (Å²) in [5.41, 5.74) is 0. The molecule has 0 spiro atoms. The van der Waals surface area contributed by atoms with Crippen LogP contribution in [0.5, 0.6) is 0 Å². The number of imidazole rings is 1. The normalized spacial score (nSPS) is 18.9. The van der Waals surface area contributed by atoms with Gasteiger partial charge < -0.3 is 9.88 Å². The van der Waals surface area contributed by atoms with Gasteiger partial charge in [-0.1, -0.05) is 13.8 Å². The molecule has 0 saturated heterocycles. The number of hydrogen-bond donors (Lipinski definition) is 1. The molecule has 2 rings (SSSR count). The minimum Gasteiger partial charge on any atom is -0.331 e. The van der Waals surface area contributed by atoms with Crippen LogP contribution in [-0.4, -0.2) is 15.6 Å². The van der Waals surface area contributed by atoms with Crippen molar-refractivity contribution < 1.29 is 0 Å². The minimum absolute atomic E-state index is 0.352. The minimum atomic E-state index is 0.352. The molecule has 1 atom stereocenters. The van der Waals surface area contributed by atoms with E-state index in [1.165, 1.54) is 18.7 Å². The van der Waals surface area contributed by atoms with Gasteiger partial charge in [-0.3, -0.25) is 0 Å². The molecule has 0 aliphatic heterocycles. The molecule has 0 unspecified atom stereocenters. The molecule has 0 radical (unpaired) electrons. The molecule has 3 nitrogen and oxygen atoms in total. The Hall–Kier alpha value is -0.830. The van der Waals surface area contributed by atoms with Crippen LogP contribution in [0.2, 0.25) is 0 Å². The fraction of sp³-hybridized carbons (Fsp3) is 0.727. The molecule has 14 heavy (non-hydrogen) atoms. The summed E-state index contributed by atoms with van der Waals surface area (Å²) in [5.74, 6) is 1.18. The van der Waals surface area contributed by atoms with Crippen molar-refractivity contribution in [3.8, 4) is 0 Å². The third kappa shape index (κ3) is 1.98. The monoisotopic (exact) mass is 193 g/mol. The molecule has 1 aliphatic carbocycles. The molecule has 1 heterocycles. The van der Waals surface area contributed by atoms with Gasteiger partial charge in [0.25, 0.3) is 0 Å². The second-order valence-electron chi connectivity index (χ2n) is 4.47. The van der Waals surface area contributed by atoms with Crippen molar-refractivity contribution in [3.05, 3.63) is 18.2 Å². The van der Waals surface area contributed by atoms with E-state index in [-0.39, 0.29) is 0 Å². The molecule has 1 N–H and O–H groups in total. The van der Waals surface area contributed by atoms with E-state index in [1.807, 2.05) is 6.20 Å². The maximum Gasteiger partial charge on any atom is 0.125 e. The predicted molar refractivity (Wildman–Crippen MR) is 57.2 cm³/mol. The summed E-state index contributed by atoms with van der Waals surface area (Å²) >= 11 is 0. The van der Waals surface area contributed by atoms with Crippen molar-refractivity contribution >= 4 is 0 Å². The smallest absolute Gasteiger partial charge is 0.125 e. The SMILES string of the molecule is CC(C)N[C@H](C)c1nccn1C1CC1. The first-order valence-corrected chi connectivity index (χ1v) is 5.47. The van der Waals surface area contributed by atoms with Crippen LogP contribution in [0.15, 0.2) is 12.4 Å². The first-order valence-electron chi connectivity index (χ1n) is 5.47. The Bertz CT molecular complexity index is 299. The summed E-state index contributed by atoms with van der Waals surface area (Å²) in [6.07, 6.45) is 6.65. The molecular formula is C11H19N3. The Kier molecular flexibility index (Phi) is 2.59. The topological polar surface area (TPSA) is 29.9 Å². The lowest BCUT2D eigenvalue weighted by Gasteiger charge is -2.17. The number of nitrogens with one attached hydrogen (secondary N) is 1. The van der Waals surface area contributed by atoms with Crippen molar-refractivity contribution in [2.75, 3.05) is 0 Å². The Morgan fingerprint density at radius 3 is 2.71 bits per heavy atom. The zero-order chi connectivity index (χ0) is 10.1. The van der Waals surface area contributed by atoms with Crippen molar-refractivity contribution in [1.82, 2.24) is 14.9 Å². The van der Waals surface area contributed by atoms with Crippen molar-refractivity contribution in [3.63, 3.8) is 0 Å². The predicted octanol–water partition coefficient (Wildman–Crippen LogP) is 2.28. The highest BCUT2D eigenvalue weighted by Crippen LogP contribution is 2.36. The summed E-state index contributed by atoms with van der Waals surface area (Å²) in [6, 6.07) is 1.59. The van der Waals surface area contributed by atoms with Crippen LogP contribution in [0.4, 0.5) is 0 Å². The Balaban J connectivity index is 2.09. The summed E-state index contributed by atoms with van der Waals surface area (Å²) < 4.78 is 2.32. The van der Waals surface area contributed by atoms with Crippen LogP contribution in [0.3, 0.4) is 0 Å². The van der Waals surface area contributed by atoms with Gasteiger partial charge in [-0.25, -0.2) is 4.98 Å². The fourth-order valence-corrected chi connectivity index (χ4v) is 1.90. The third-order valence-corrected chi connectivity index (χ3v) is 2.61. The molecule has 1 fully saturated rings. The number of rotatable bonds is 4. The Morgan fingerprint density at radius 1 is 1.43 bits per heavy atom. The molecule has 0 aromatic carbocycles. The summed E-state index contributed by atoms with van der Waals surface area (Å²) in [6.45, 7) is 6.52. The van der Waals surface area contributed by atoms with Crippen LogP contribution >= 0.6 is 0 Å². The molecule has 1 aromatic heterocycles. The summed E-state index contributed by atoms with van der Waals surface area (Å²) in [7, 11) is 0. The summed E-state index contributed by atoms with van der Waals surface area (Å²) in [5, 5.41) is 3.48. The first-order chi connectivity index (χ1) is 6.68. The second-order valence-corrected chi connectivity index (χ2v) is 4.47. The maximum absolute atomic E-state index is 4.43. The van der Waals surface area contributed by atoms with E-state index in [0.29, 0.717) is 12.1 Å². The molecule has 1 aromatic rings. The Labute approximate surface area is 85.5 Å². The molecule has 0 bridgehead atoms. The van der Waals surface area contributed by atoms with E-state index in [1.54, 1.807) is 0 Å². The maximum atomic E-state index is 4.43. The molecule has 1 saturated carbocycles. The van der Waals surface area contributed by atoms with Crippen molar-refractivity contribution in [2.24, 2.45) is 0 Å². The number of nitrogens with zero attached hydrogens (tertiary/aromatic N) is 2. The zero-order valence-electron chi connectivity index (χ0n) is 9.20. The van der Waals surface area contributed by atoms with Gasteiger partial charge in [0.2, 0.25) is 0 Å². The van der Waals surface area contributed by atoms with Gasteiger partial charge in [-0.05, 0) is 19.8 Å². The van der Waals surface area contributed by atoms with Crippen LogP contribution in [0.1, 0.15) is 51.5 Å². The van der Waals surface area contributed by atoms with Gasteiger partial charge in [0.05, 0.1) is 6.04 Å². The quantitative estimate of drug-likeness (QED) is 0.795. The van der Waals surface area contributed by atoms with E-state index in [9.17, 15) is 0 Å². The molecule has 1 aliphatic rings. The van der Waals surface area contributed by atoms with Gasteiger partial charge >= 0.3 is 0 Å². The van der Waals surface area contributed by atoms with Crippen LogP contribution in [0.25, 0.3) is 0 Å². The lowest BCUT2D eigenvalue weighted by atomic mass is 10.2. The number of hydrogen-bond acceptors (Lipinski definition) is 2. The average molecular weight is 193 g/mol. The molecule has 78 valence electrons. The van der Waals surface area contributed by atoms with E-state index >= 15 is 0 Å².